The van der Waals surface area contributed by atoms with Gasteiger partial charge in [0.2, 0.25) is 0 Å². The molecular weight excluding hydrogens is 238 g/mol. The topological polar surface area (TPSA) is 3.24 Å². The largest absolute Gasteiger partial charge is 0.303 e. The second kappa shape index (κ2) is 7.19. The van der Waals surface area contributed by atoms with Gasteiger partial charge in [0.25, 0.3) is 0 Å². The molecule has 1 fully saturated rings. The van der Waals surface area contributed by atoms with Crippen molar-refractivity contribution in [1.82, 2.24) is 4.90 Å². The molecule has 0 atom stereocenters. The number of nitrogens with zero attached hydrogens (tertiary/aromatic N) is 1. The lowest BCUT2D eigenvalue weighted by Crippen LogP contribution is -2.44. The normalized spacial score (nSPS) is 21.2. The minimum atomic E-state index is 0.466. The minimum absolute atomic E-state index is 0.466. The lowest BCUT2D eigenvalue weighted by Gasteiger charge is -2.43. The summed E-state index contributed by atoms with van der Waals surface area (Å²) < 4.78 is 0. The van der Waals surface area contributed by atoms with Gasteiger partial charge in [-0.3, -0.25) is 0 Å². The Kier molecular flexibility index (Phi) is 6.54. The Bertz CT molecular complexity index is 221. The van der Waals surface area contributed by atoms with E-state index in [1.807, 2.05) is 0 Å². The first kappa shape index (κ1) is 16.4. The summed E-state index contributed by atoms with van der Waals surface area (Å²) >= 11 is 4.68. The Balaban J connectivity index is 2.55. The van der Waals surface area contributed by atoms with Crippen LogP contribution in [-0.2, 0) is 0 Å². The predicted molar refractivity (Wildman–Crippen MR) is 85.6 cm³/mol. The molecule has 0 aliphatic carbocycles. The van der Waals surface area contributed by atoms with E-state index in [4.69, 9.17) is 0 Å². The van der Waals surface area contributed by atoms with Gasteiger partial charge in [0.15, 0.2) is 0 Å². The van der Waals surface area contributed by atoms with Crippen LogP contribution in [0, 0.1) is 10.8 Å². The second-order valence-electron chi connectivity index (χ2n) is 7.10. The summed E-state index contributed by atoms with van der Waals surface area (Å²) in [6.45, 7) is 13.3. The molecule has 0 aromatic heterocycles. The van der Waals surface area contributed by atoms with Gasteiger partial charge in [-0.2, -0.15) is 12.6 Å². The van der Waals surface area contributed by atoms with Crippen LogP contribution in [0.5, 0.6) is 0 Å². The van der Waals surface area contributed by atoms with E-state index in [9.17, 15) is 0 Å². The Labute approximate surface area is 120 Å². The molecule has 0 bridgehead atoms. The highest BCUT2D eigenvalue weighted by Crippen LogP contribution is 2.36. The van der Waals surface area contributed by atoms with Gasteiger partial charge in [0.05, 0.1) is 0 Å². The van der Waals surface area contributed by atoms with E-state index >= 15 is 0 Å². The average molecular weight is 272 g/mol. The highest BCUT2D eigenvalue weighted by Gasteiger charge is 2.32. The molecule has 1 rings (SSSR count). The Morgan fingerprint density at radius 3 is 1.94 bits per heavy atom. The molecule has 2 heteroatoms. The van der Waals surface area contributed by atoms with Crippen LogP contribution >= 0.6 is 12.6 Å². The predicted octanol–water partition coefficient (Wildman–Crippen LogP) is 4.62. The first-order chi connectivity index (χ1) is 8.47. The summed E-state index contributed by atoms with van der Waals surface area (Å²) in [4.78, 5) is 2.70. The molecule has 18 heavy (non-hydrogen) atoms. The maximum absolute atomic E-state index is 4.68. The highest BCUT2D eigenvalue weighted by atomic mass is 32.1. The van der Waals surface area contributed by atoms with Gasteiger partial charge in [0.1, 0.15) is 0 Å². The lowest BCUT2D eigenvalue weighted by molar-refractivity contribution is 0.0818. The van der Waals surface area contributed by atoms with Crippen molar-refractivity contribution in [2.75, 3.05) is 25.4 Å². The monoisotopic (exact) mass is 271 g/mol. The summed E-state index contributed by atoms with van der Waals surface area (Å²) in [6.07, 6.45) is 7.97. The maximum Gasteiger partial charge on any atom is 0.00458 e. The molecule has 108 valence electrons. The Hall–Kier alpha value is 0.310. The summed E-state index contributed by atoms with van der Waals surface area (Å²) in [5.41, 5.74) is 1.03. The van der Waals surface area contributed by atoms with Crippen molar-refractivity contribution in [3.8, 4) is 0 Å². The van der Waals surface area contributed by atoms with E-state index in [0.29, 0.717) is 10.8 Å². The highest BCUT2D eigenvalue weighted by molar-refractivity contribution is 7.80. The van der Waals surface area contributed by atoms with Gasteiger partial charge in [-0.15, -0.1) is 0 Å². The van der Waals surface area contributed by atoms with Crippen LogP contribution in [0.15, 0.2) is 0 Å². The smallest absolute Gasteiger partial charge is 0.00458 e. The molecule has 1 aliphatic heterocycles. The fourth-order valence-corrected chi connectivity index (χ4v) is 3.76. The SMILES string of the molecule is CCCC(CS)(CCC)CN1CCC(C)(C)CC1. The number of thiol groups is 1. The molecule has 1 nitrogen and oxygen atoms in total. The van der Waals surface area contributed by atoms with Crippen LogP contribution in [0.2, 0.25) is 0 Å². The third-order valence-electron chi connectivity index (χ3n) is 4.66. The van der Waals surface area contributed by atoms with Crippen molar-refractivity contribution >= 4 is 12.6 Å². The van der Waals surface area contributed by atoms with Crippen LogP contribution in [0.3, 0.4) is 0 Å². The molecule has 0 aromatic rings. The van der Waals surface area contributed by atoms with Crippen molar-refractivity contribution in [3.63, 3.8) is 0 Å². The summed E-state index contributed by atoms with van der Waals surface area (Å²) in [5.74, 6) is 1.05. The fraction of sp³-hybridized carbons (Fsp3) is 1.00. The minimum Gasteiger partial charge on any atom is -0.303 e. The summed E-state index contributed by atoms with van der Waals surface area (Å²) in [7, 11) is 0. The van der Waals surface area contributed by atoms with Crippen LogP contribution < -0.4 is 0 Å². The van der Waals surface area contributed by atoms with Crippen molar-refractivity contribution in [2.45, 2.75) is 66.2 Å². The van der Waals surface area contributed by atoms with Crippen LogP contribution in [0.1, 0.15) is 66.2 Å². The van der Waals surface area contributed by atoms with E-state index in [1.165, 1.54) is 58.2 Å². The van der Waals surface area contributed by atoms with E-state index in [1.54, 1.807) is 0 Å². The van der Waals surface area contributed by atoms with Gasteiger partial charge >= 0.3 is 0 Å². The van der Waals surface area contributed by atoms with Gasteiger partial charge in [-0.05, 0) is 55.4 Å². The first-order valence-corrected chi connectivity index (χ1v) is 8.43. The first-order valence-electron chi connectivity index (χ1n) is 7.80. The van der Waals surface area contributed by atoms with E-state index in [0.717, 1.165) is 5.75 Å². The lowest BCUT2D eigenvalue weighted by atomic mass is 9.78. The molecule has 0 spiro atoms. The maximum atomic E-state index is 4.68. The fourth-order valence-electron chi connectivity index (χ4n) is 3.34. The number of rotatable bonds is 7. The Morgan fingerprint density at radius 1 is 1.06 bits per heavy atom. The van der Waals surface area contributed by atoms with Crippen molar-refractivity contribution in [1.29, 1.82) is 0 Å². The molecule has 1 aliphatic rings. The number of likely N-dealkylation sites (tertiary alicyclic amines) is 1. The van der Waals surface area contributed by atoms with Gasteiger partial charge in [0, 0.05) is 6.54 Å². The number of hydrogen-bond acceptors (Lipinski definition) is 2. The number of piperidine rings is 1. The van der Waals surface area contributed by atoms with E-state index in [2.05, 4.69) is 45.2 Å². The molecule has 1 heterocycles. The molecular formula is C16H33NS. The van der Waals surface area contributed by atoms with E-state index < -0.39 is 0 Å². The van der Waals surface area contributed by atoms with E-state index in [-0.39, 0.29) is 0 Å². The quantitative estimate of drug-likeness (QED) is 0.661. The zero-order chi connectivity index (χ0) is 13.6. The zero-order valence-electron chi connectivity index (χ0n) is 13.0. The third kappa shape index (κ3) is 4.77. The summed E-state index contributed by atoms with van der Waals surface area (Å²) in [5, 5.41) is 0. The molecule has 0 N–H and O–H groups in total. The molecule has 1 saturated heterocycles. The molecule has 0 radical (unpaired) electrons. The van der Waals surface area contributed by atoms with Crippen LogP contribution in [-0.4, -0.2) is 30.3 Å². The van der Waals surface area contributed by atoms with Crippen LogP contribution in [0.4, 0.5) is 0 Å². The zero-order valence-corrected chi connectivity index (χ0v) is 13.9. The van der Waals surface area contributed by atoms with Gasteiger partial charge in [-0.25, -0.2) is 0 Å². The number of hydrogen-bond donors (Lipinski definition) is 1. The van der Waals surface area contributed by atoms with Crippen molar-refractivity contribution in [3.05, 3.63) is 0 Å². The van der Waals surface area contributed by atoms with Crippen molar-refractivity contribution in [2.24, 2.45) is 10.8 Å². The van der Waals surface area contributed by atoms with Gasteiger partial charge in [-0.1, -0.05) is 40.5 Å². The summed E-state index contributed by atoms with van der Waals surface area (Å²) in [6, 6.07) is 0. The standard InChI is InChI=1S/C16H33NS/c1-5-7-16(14-18,8-6-2)13-17-11-9-15(3,4)10-12-17/h18H,5-14H2,1-4H3. The van der Waals surface area contributed by atoms with Crippen molar-refractivity contribution < 1.29 is 0 Å². The molecule has 0 unspecified atom stereocenters. The average Bonchev–Trinajstić information content (AvgIpc) is 2.32. The molecule has 0 saturated carbocycles. The van der Waals surface area contributed by atoms with Gasteiger partial charge < -0.3 is 4.90 Å². The second-order valence-corrected chi connectivity index (χ2v) is 7.41. The van der Waals surface area contributed by atoms with Crippen LogP contribution in [0.25, 0.3) is 0 Å². The molecule has 0 aromatic carbocycles. The third-order valence-corrected chi connectivity index (χ3v) is 5.34. The molecule has 0 amide bonds. The Morgan fingerprint density at radius 2 is 1.56 bits per heavy atom.